The van der Waals surface area contributed by atoms with Gasteiger partial charge in [-0.25, -0.2) is 4.98 Å². The molecule has 0 radical (unpaired) electrons. The largest absolute Gasteiger partial charge is 0.496 e. The Morgan fingerprint density at radius 1 is 1.39 bits per heavy atom. The van der Waals surface area contributed by atoms with Crippen LogP contribution in [-0.4, -0.2) is 30.1 Å². The van der Waals surface area contributed by atoms with Crippen LogP contribution in [0.3, 0.4) is 0 Å². The van der Waals surface area contributed by atoms with Crippen LogP contribution in [0.5, 0.6) is 5.75 Å². The van der Waals surface area contributed by atoms with E-state index in [-0.39, 0.29) is 5.69 Å². The van der Waals surface area contributed by atoms with Gasteiger partial charge < -0.3 is 9.64 Å². The van der Waals surface area contributed by atoms with Crippen LogP contribution in [-0.2, 0) is 0 Å². The van der Waals surface area contributed by atoms with E-state index in [9.17, 15) is 10.1 Å². The smallest absolute Gasteiger partial charge is 0.290 e. The number of pyridine rings is 1. The van der Waals surface area contributed by atoms with E-state index in [1.54, 1.807) is 20.1 Å². The van der Waals surface area contributed by atoms with E-state index in [1.807, 2.05) is 18.2 Å². The van der Waals surface area contributed by atoms with E-state index in [2.05, 4.69) is 16.0 Å². The molecule has 0 aliphatic carbocycles. The number of hydrogen-bond acceptors (Lipinski definition) is 5. The lowest BCUT2D eigenvalue weighted by atomic mass is 9.97. The van der Waals surface area contributed by atoms with Gasteiger partial charge >= 0.3 is 0 Å². The van der Waals surface area contributed by atoms with Crippen molar-refractivity contribution in [1.29, 1.82) is 0 Å². The monoisotopic (exact) mass is 313 g/mol. The molecule has 3 rings (SSSR count). The van der Waals surface area contributed by atoms with Gasteiger partial charge in [-0.1, -0.05) is 18.2 Å². The van der Waals surface area contributed by atoms with Crippen molar-refractivity contribution < 1.29 is 9.66 Å². The number of benzene rings is 1. The highest BCUT2D eigenvalue weighted by molar-refractivity contribution is 5.50. The van der Waals surface area contributed by atoms with Gasteiger partial charge in [-0.15, -0.1) is 0 Å². The number of aromatic nitrogens is 1. The van der Waals surface area contributed by atoms with Crippen LogP contribution in [0.25, 0.3) is 0 Å². The number of para-hydroxylation sites is 1. The molecule has 23 heavy (non-hydrogen) atoms. The SMILES string of the molecule is COc1ccccc1C1CCN(c2cc(C)c([N+](=O)[O-])cn2)C1. The maximum absolute atomic E-state index is 10.9. The number of hydrogen-bond donors (Lipinski definition) is 0. The zero-order valence-electron chi connectivity index (χ0n) is 13.2. The van der Waals surface area contributed by atoms with Crippen molar-refractivity contribution in [3.8, 4) is 5.75 Å². The quantitative estimate of drug-likeness (QED) is 0.640. The van der Waals surface area contributed by atoms with Gasteiger partial charge in [0.05, 0.1) is 12.0 Å². The lowest BCUT2D eigenvalue weighted by Crippen LogP contribution is -2.20. The zero-order chi connectivity index (χ0) is 16.4. The van der Waals surface area contributed by atoms with Gasteiger partial charge in [-0.3, -0.25) is 10.1 Å². The maximum atomic E-state index is 10.9. The second kappa shape index (κ2) is 6.24. The summed E-state index contributed by atoms with van der Waals surface area (Å²) in [5.41, 5.74) is 1.91. The molecule has 0 bridgehead atoms. The second-order valence-electron chi connectivity index (χ2n) is 5.76. The molecule has 1 saturated heterocycles. The third-order valence-corrected chi connectivity index (χ3v) is 4.36. The summed E-state index contributed by atoms with van der Waals surface area (Å²) in [7, 11) is 1.69. The number of nitrogens with zero attached hydrogens (tertiary/aromatic N) is 3. The molecule has 2 aromatic rings. The average Bonchev–Trinajstić information content (AvgIpc) is 3.04. The fourth-order valence-corrected chi connectivity index (χ4v) is 3.12. The van der Waals surface area contributed by atoms with Crippen molar-refractivity contribution in [2.75, 3.05) is 25.1 Å². The van der Waals surface area contributed by atoms with Gasteiger partial charge in [0.15, 0.2) is 0 Å². The van der Waals surface area contributed by atoms with Crippen molar-refractivity contribution in [1.82, 2.24) is 4.98 Å². The van der Waals surface area contributed by atoms with Crippen molar-refractivity contribution in [3.05, 3.63) is 57.8 Å². The van der Waals surface area contributed by atoms with E-state index in [0.717, 1.165) is 31.1 Å². The normalized spacial score (nSPS) is 17.3. The lowest BCUT2D eigenvalue weighted by Gasteiger charge is -2.19. The summed E-state index contributed by atoms with van der Waals surface area (Å²) in [5.74, 6) is 2.08. The molecule has 6 heteroatoms. The highest BCUT2D eigenvalue weighted by atomic mass is 16.6. The van der Waals surface area contributed by atoms with Crippen molar-refractivity contribution in [3.63, 3.8) is 0 Å². The summed E-state index contributed by atoms with van der Waals surface area (Å²) in [6.07, 6.45) is 2.36. The van der Waals surface area contributed by atoms with Gasteiger partial charge in [-0.05, 0) is 31.0 Å². The van der Waals surface area contributed by atoms with Gasteiger partial charge in [0.25, 0.3) is 5.69 Å². The molecule has 1 unspecified atom stereocenters. The molecular formula is C17H19N3O3. The molecule has 0 saturated carbocycles. The first-order valence-corrected chi connectivity index (χ1v) is 7.59. The predicted molar refractivity (Wildman–Crippen MR) is 88.2 cm³/mol. The van der Waals surface area contributed by atoms with E-state index in [4.69, 9.17) is 4.74 Å². The molecule has 1 aliphatic heterocycles. The summed E-state index contributed by atoms with van der Waals surface area (Å²) in [6, 6.07) is 9.86. The Bertz CT molecular complexity index is 733. The van der Waals surface area contributed by atoms with E-state index in [0.29, 0.717) is 11.5 Å². The number of aryl methyl sites for hydroxylation is 1. The molecule has 1 aromatic carbocycles. The molecule has 0 N–H and O–H groups in total. The number of anilines is 1. The van der Waals surface area contributed by atoms with Crippen LogP contribution in [0.2, 0.25) is 0 Å². The van der Waals surface area contributed by atoms with Crippen LogP contribution in [0, 0.1) is 17.0 Å². The van der Waals surface area contributed by atoms with Crippen LogP contribution in [0.1, 0.15) is 23.5 Å². The molecular weight excluding hydrogens is 294 g/mol. The van der Waals surface area contributed by atoms with Gasteiger partial charge in [0, 0.05) is 24.6 Å². The molecule has 1 fully saturated rings. The van der Waals surface area contributed by atoms with Crippen LogP contribution in [0.15, 0.2) is 36.5 Å². The zero-order valence-corrected chi connectivity index (χ0v) is 13.2. The first-order chi connectivity index (χ1) is 11.1. The maximum Gasteiger partial charge on any atom is 0.290 e. The summed E-state index contributed by atoms with van der Waals surface area (Å²) in [6.45, 7) is 3.47. The summed E-state index contributed by atoms with van der Waals surface area (Å²) < 4.78 is 5.45. The highest BCUT2D eigenvalue weighted by Crippen LogP contribution is 2.35. The first kappa shape index (κ1) is 15.3. The summed E-state index contributed by atoms with van der Waals surface area (Å²) >= 11 is 0. The highest BCUT2D eigenvalue weighted by Gasteiger charge is 2.27. The topological polar surface area (TPSA) is 68.5 Å². The molecule has 1 atom stereocenters. The number of nitro groups is 1. The second-order valence-corrected chi connectivity index (χ2v) is 5.76. The van der Waals surface area contributed by atoms with Crippen molar-refractivity contribution in [2.24, 2.45) is 0 Å². The molecule has 1 aromatic heterocycles. The fourth-order valence-electron chi connectivity index (χ4n) is 3.12. The van der Waals surface area contributed by atoms with E-state index >= 15 is 0 Å². The molecule has 2 heterocycles. The van der Waals surface area contributed by atoms with Crippen molar-refractivity contribution >= 4 is 11.5 Å². The first-order valence-electron chi connectivity index (χ1n) is 7.59. The minimum atomic E-state index is -0.395. The Morgan fingerprint density at radius 2 is 2.17 bits per heavy atom. The molecule has 6 nitrogen and oxygen atoms in total. The predicted octanol–water partition coefficient (Wildman–Crippen LogP) is 3.30. The van der Waals surface area contributed by atoms with Gasteiger partial charge in [0.2, 0.25) is 0 Å². The fraction of sp³-hybridized carbons (Fsp3) is 0.353. The average molecular weight is 313 g/mol. The summed E-state index contributed by atoms with van der Waals surface area (Å²) in [4.78, 5) is 16.9. The van der Waals surface area contributed by atoms with E-state index < -0.39 is 4.92 Å². The standard InChI is InChI=1S/C17H19N3O3/c1-12-9-17(18-10-15(12)20(21)22)19-8-7-13(11-19)14-5-3-4-6-16(14)23-2/h3-6,9-10,13H,7-8,11H2,1-2H3. The Balaban J connectivity index is 1.80. The number of methoxy groups -OCH3 is 1. The van der Waals surface area contributed by atoms with Gasteiger partial charge in [-0.2, -0.15) is 0 Å². The molecule has 0 spiro atoms. The van der Waals surface area contributed by atoms with Gasteiger partial charge in [0.1, 0.15) is 17.8 Å². The Hall–Kier alpha value is -2.63. The summed E-state index contributed by atoms with van der Waals surface area (Å²) in [5, 5.41) is 10.9. The number of rotatable bonds is 4. The minimum absolute atomic E-state index is 0.0641. The van der Waals surface area contributed by atoms with Crippen LogP contribution < -0.4 is 9.64 Å². The third-order valence-electron chi connectivity index (χ3n) is 4.36. The minimum Gasteiger partial charge on any atom is -0.496 e. The number of ether oxygens (including phenoxy) is 1. The van der Waals surface area contributed by atoms with Crippen LogP contribution >= 0.6 is 0 Å². The lowest BCUT2D eigenvalue weighted by molar-refractivity contribution is -0.385. The molecule has 120 valence electrons. The Labute approximate surface area is 134 Å². The molecule has 0 amide bonds. The Morgan fingerprint density at radius 3 is 2.87 bits per heavy atom. The molecule has 1 aliphatic rings. The Kier molecular flexibility index (Phi) is 4.14. The van der Waals surface area contributed by atoms with Crippen molar-refractivity contribution in [2.45, 2.75) is 19.3 Å². The van der Waals surface area contributed by atoms with Crippen LogP contribution in [0.4, 0.5) is 11.5 Å². The van der Waals surface area contributed by atoms with E-state index in [1.165, 1.54) is 11.8 Å². The third kappa shape index (κ3) is 2.97.